The maximum Gasteiger partial charge on any atom is 0.265 e. The molecule has 0 saturated carbocycles. The van der Waals surface area contributed by atoms with Crippen molar-refractivity contribution < 1.29 is 9.53 Å². The SMILES string of the molecule is COc1ccc(N)cc1NC(=O)c1cccs1. The number of ether oxygens (including phenoxy) is 1. The van der Waals surface area contributed by atoms with E-state index < -0.39 is 0 Å². The maximum atomic E-state index is 11.9. The summed E-state index contributed by atoms with van der Waals surface area (Å²) in [7, 11) is 1.55. The highest BCUT2D eigenvalue weighted by Crippen LogP contribution is 2.27. The number of methoxy groups -OCH3 is 1. The zero-order valence-electron chi connectivity index (χ0n) is 9.27. The summed E-state index contributed by atoms with van der Waals surface area (Å²) in [6.07, 6.45) is 0. The quantitative estimate of drug-likeness (QED) is 0.820. The molecule has 0 radical (unpaired) electrons. The van der Waals surface area contributed by atoms with Gasteiger partial charge in [-0.3, -0.25) is 4.79 Å². The number of nitrogens with one attached hydrogen (secondary N) is 1. The van der Waals surface area contributed by atoms with Gasteiger partial charge in [-0.15, -0.1) is 11.3 Å². The Hall–Kier alpha value is -2.01. The Kier molecular flexibility index (Phi) is 3.30. The third kappa shape index (κ3) is 2.57. The van der Waals surface area contributed by atoms with E-state index in [0.29, 0.717) is 22.0 Å². The van der Waals surface area contributed by atoms with E-state index in [9.17, 15) is 4.79 Å². The number of nitrogen functional groups attached to an aromatic ring is 1. The van der Waals surface area contributed by atoms with Crippen LogP contribution in [0.4, 0.5) is 11.4 Å². The van der Waals surface area contributed by atoms with Crippen molar-refractivity contribution in [2.45, 2.75) is 0 Å². The predicted molar refractivity (Wildman–Crippen MR) is 69.7 cm³/mol. The number of amides is 1. The van der Waals surface area contributed by atoms with Crippen molar-refractivity contribution in [1.82, 2.24) is 0 Å². The van der Waals surface area contributed by atoms with Crippen molar-refractivity contribution in [1.29, 1.82) is 0 Å². The number of carbonyl (C=O) groups excluding carboxylic acids is 1. The molecule has 3 N–H and O–H groups in total. The number of thiophene rings is 1. The minimum absolute atomic E-state index is 0.163. The summed E-state index contributed by atoms with van der Waals surface area (Å²) in [6, 6.07) is 8.71. The lowest BCUT2D eigenvalue weighted by atomic mass is 10.2. The van der Waals surface area contributed by atoms with Crippen LogP contribution in [0.2, 0.25) is 0 Å². The molecule has 0 unspecified atom stereocenters. The molecule has 4 nitrogen and oxygen atoms in total. The number of hydrogen-bond donors (Lipinski definition) is 2. The molecule has 1 heterocycles. The van der Waals surface area contributed by atoms with Gasteiger partial charge in [0.1, 0.15) is 5.75 Å². The molecule has 2 aromatic rings. The van der Waals surface area contributed by atoms with Crippen molar-refractivity contribution in [2.75, 3.05) is 18.2 Å². The highest BCUT2D eigenvalue weighted by molar-refractivity contribution is 7.12. The molecule has 1 aromatic heterocycles. The normalized spacial score (nSPS) is 9.94. The van der Waals surface area contributed by atoms with Crippen molar-refractivity contribution in [3.8, 4) is 5.75 Å². The fourth-order valence-corrected chi connectivity index (χ4v) is 2.03. The van der Waals surface area contributed by atoms with E-state index >= 15 is 0 Å². The molecule has 0 spiro atoms. The van der Waals surface area contributed by atoms with Crippen LogP contribution in [0.1, 0.15) is 9.67 Å². The van der Waals surface area contributed by atoms with Crippen molar-refractivity contribution in [3.05, 3.63) is 40.6 Å². The summed E-state index contributed by atoms with van der Waals surface area (Å²) < 4.78 is 5.15. The van der Waals surface area contributed by atoms with Gasteiger partial charge >= 0.3 is 0 Å². The van der Waals surface area contributed by atoms with Gasteiger partial charge in [0.05, 0.1) is 17.7 Å². The van der Waals surface area contributed by atoms with E-state index in [1.165, 1.54) is 11.3 Å². The summed E-state index contributed by atoms with van der Waals surface area (Å²) in [4.78, 5) is 12.5. The molecule has 2 rings (SSSR count). The van der Waals surface area contributed by atoms with Gasteiger partial charge in [-0.25, -0.2) is 0 Å². The van der Waals surface area contributed by atoms with E-state index in [1.54, 1.807) is 31.4 Å². The largest absolute Gasteiger partial charge is 0.495 e. The molecule has 0 aliphatic carbocycles. The van der Waals surface area contributed by atoms with Crippen LogP contribution in [0, 0.1) is 0 Å². The summed E-state index contributed by atoms with van der Waals surface area (Å²) >= 11 is 1.38. The minimum atomic E-state index is -0.163. The fraction of sp³-hybridized carbons (Fsp3) is 0.0833. The van der Waals surface area contributed by atoms with Crippen LogP contribution in [-0.2, 0) is 0 Å². The van der Waals surface area contributed by atoms with Crippen LogP contribution < -0.4 is 15.8 Å². The molecule has 0 saturated heterocycles. The van der Waals surface area contributed by atoms with Crippen LogP contribution in [0.5, 0.6) is 5.75 Å². The number of carbonyl (C=O) groups is 1. The maximum absolute atomic E-state index is 11.9. The van der Waals surface area contributed by atoms with Gasteiger partial charge in [0.15, 0.2) is 0 Å². The van der Waals surface area contributed by atoms with E-state index in [-0.39, 0.29) is 5.91 Å². The molecule has 0 fully saturated rings. The van der Waals surface area contributed by atoms with Crippen LogP contribution >= 0.6 is 11.3 Å². The van der Waals surface area contributed by atoms with E-state index in [4.69, 9.17) is 10.5 Å². The van der Waals surface area contributed by atoms with E-state index in [0.717, 1.165) is 0 Å². The van der Waals surface area contributed by atoms with E-state index in [2.05, 4.69) is 5.32 Å². The first-order valence-corrected chi connectivity index (χ1v) is 5.87. The summed E-state index contributed by atoms with van der Waals surface area (Å²) in [5.41, 5.74) is 6.82. The van der Waals surface area contributed by atoms with Crippen molar-refractivity contribution in [3.63, 3.8) is 0 Å². The second-order valence-electron chi connectivity index (χ2n) is 3.39. The predicted octanol–water partition coefficient (Wildman–Crippen LogP) is 2.59. The standard InChI is InChI=1S/C12H12N2O2S/c1-16-10-5-4-8(13)7-9(10)14-12(15)11-3-2-6-17-11/h2-7H,13H2,1H3,(H,14,15). The lowest BCUT2D eigenvalue weighted by Crippen LogP contribution is -2.11. The third-order valence-electron chi connectivity index (χ3n) is 2.22. The van der Waals surface area contributed by atoms with Crippen LogP contribution in [0.15, 0.2) is 35.7 Å². The zero-order chi connectivity index (χ0) is 12.3. The molecule has 5 heteroatoms. The molecular formula is C12H12N2O2S. The second kappa shape index (κ2) is 4.88. The number of benzene rings is 1. The third-order valence-corrected chi connectivity index (χ3v) is 3.09. The molecule has 1 aromatic carbocycles. The number of anilines is 2. The Morgan fingerprint density at radius 1 is 1.41 bits per heavy atom. The molecule has 0 atom stereocenters. The van der Waals surface area contributed by atoms with Gasteiger partial charge in [0.25, 0.3) is 5.91 Å². The first-order valence-electron chi connectivity index (χ1n) is 4.99. The molecule has 1 amide bonds. The van der Waals surface area contributed by atoms with Gasteiger partial charge in [0, 0.05) is 5.69 Å². The monoisotopic (exact) mass is 248 g/mol. The summed E-state index contributed by atoms with van der Waals surface area (Å²) in [5.74, 6) is 0.424. The van der Waals surface area contributed by atoms with Gasteiger partial charge in [-0.2, -0.15) is 0 Å². The Labute approximate surface area is 103 Å². The Morgan fingerprint density at radius 2 is 2.24 bits per heavy atom. The second-order valence-corrected chi connectivity index (χ2v) is 4.34. The minimum Gasteiger partial charge on any atom is -0.495 e. The number of rotatable bonds is 3. The lowest BCUT2D eigenvalue weighted by molar-refractivity contribution is 0.103. The average molecular weight is 248 g/mol. The van der Waals surface area contributed by atoms with Crippen molar-refractivity contribution in [2.24, 2.45) is 0 Å². The Balaban J connectivity index is 2.23. The smallest absolute Gasteiger partial charge is 0.265 e. The molecule has 0 aliphatic rings. The number of hydrogen-bond acceptors (Lipinski definition) is 4. The van der Waals surface area contributed by atoms with Gasteiger partial charge in [-0.1, -0.05) is 6.07 Å². The molecule has 88 valence electrons. The average Bonchev–Trinajstić information content (AvgIpc) is 2.83. The lowest BCUT2D eigenvalue weighted by Gasteiger charge is -2.10. The van der Waals surface area contributed by atoms with Gasteiger partial charge < -0.3 is 15.8 Å². The number of nitrogens with two attached hydrogens (primary N) is 1. The Morgan fingerprint density at radius 3 is 2.88 bits per heavy atom. The van der Waals surface area contributed by atoms with Crippen LogP contribution in [0.25, 0.3) is 0 Å². The van der Waals surface area contributed by atoms with Crippen LogP contribution in [-0.4, -0.2) is 13.0 Å². The fourth-order valence-electron chi connectivity index (χ4n) is 1.41. The van der Waals surface area contributed by atoms with Gasteiger partial charge in [0.2, 0.25) is 0 Å². The highest BCUT2D eigenvalue weighted by Gasteiger charge is 2.10. The molecule has 17 heavy (non-hydrogen) atoms. The van der Waals surface area contributed by atoms with E-state index in [1.807, 2.05) is 11.4 Å². The summed E-state index contributed by atoms with van der Waals surface area (Å²) in [5, 5.41) is 4.62. The van der Waals surface area contributed by atoms with Gasteiger partial charge in [-0.05, 0) is 29.6 Å². The zero-order valence-corrected chi connectivity index (χ0v) is 10.1. The molecule has 0 bridgehead atoms. The van der Waals surface area contributed by atoms with Crippen molar-refractivity contribution >= 4 is 28.6 Å². The molecule has 0 aliphatic heterocycles. The summed E-state index contributed by atoms with van der Waals surface area (Å²) in [6.45, 7) is 0. The first kappa shape index (κ1) is 11.5. The highest BCUT2D eigenvalue weighted by atomic mass is 32.1. The topological polar surface area (TPSA) is 64.3 Å². The first-order chi connectivity index (χ1) is 8.20. The Bertz CT molecular complexity index is 523. The molecular weight excluding hydrogens is 236 g/mol. The van der Waals surface area contributed by atoms with Crippen LogP contribution in [0.3, 0.4) is 0 Å².